The molecule has 0 aliphatic heterocycles. The summed E-state index contributed by atoms with van der Waals surface area (Å²) in [4.78, 5) is 10.9. The molecule has 0 amide bonds. The molecule has 0 aliphatic rings. The second kappa shape index (κ2) is 6.16. The molecule has 0 heterocycles. The highest BCUT2D eigenvalue weighted by atomic mass is 16.4. The van der Waals surface area contributed by atoms with E-state index in [0.29, 0.717) is 12.1 Å². The van der Waals surface area contributed by atoms with Gasteiger partial charge in [0.25, 0.3) is 0 Å². The largest absolute Gasteiger partial charge is 0.478 e. The van der Waals surface area contributed by atoms with Crippen molar-refractivity contribution in [2.45, 2.75) is 12.8 Å². The van der Waals surface area contributed by atoms with Crippen molar-refractivity contribution in [3.63, 3.8) is 0 Å². The molecule has 0 unspecified atom stereocenters. The van der Waals surface area contributed by atoms with Gasteiger partial charge in [-0.15, -0.1) is 0 Å². The molecule has 3 N–H and O–H groups in total. The van der Waals surface area contributed by atoms with Gasteiger partial charge in [0.1, 0.15) is 0 Å². The van der Waals surface area contributed by atoms with Crippen LogP contribution in [0.25, 0.3) is 0 Å². The van der Waals surface area contributed by atoms with Crippen LogP contribution >= 0.6 is 0 Å². The Morgan fingerprint density at radius 1 is 1.00 bits per heavy atom. The van der Waals surface area contributed by atoms with Crippen LogP contribution in [0.4, 0.5) is 0 Å². The van der Waals surface area contributed by atoms with E-state index in [0.717, 1.165) is 18.4 Å². The van der Waals surface area contributed by atoms with Gasteiger partial charge in [0.15, 0.2) is 0 Å². The summed E-state index contributed by atoms with van der Waals surface area (Å²) in [6.45, 7) is 0.653. The number of rotatable bonds is 5. The SMILES string of the molecule is NCCc1ccc(Cc2cccc(C(=O)O)c2)cc1. The number of hydrogen-bond donors (Lipinski definition) is 2. The first-order chi connectivity index (χ1) is 9.19. The van der Waals surface area contributed by atoms with E-state index in [1.807, 2.05) is 6.07 Å². The smallest absolute Gasteiger partial charge is 0.335 e. The Kier molecular flexibility index (Phi) is 4.31. The molecular formula is C16H17NO2. The Morgan fingerprint density at radius 3 is 2.32 bits per heavy atom. The summed E-state index contributed by atoms with van der Waals surface area (Å²) >= 11 is 0. The third-order valence-corrected chi connectivity index (χ3v) is 3.04. The first-order valence-corrected chi connectivity index (χ1v) is 6.29. The van der Waals surface area contributed by atoms with Crippen molar-refractivity contribution in [1.29, 1.82) is 0 Å². The van der Waals surface area contributed by atoms with Crippen molar-refractivity contribution in [3.8, 4) is 0 Å². The van der Waals surface area contributed by atoms with Gasteiger partial charge in [-0.25, -0.2) is 4.79 Å². The molecule has 0 aromatic heterocycles. The number of aromatic carboxylic acids is 1. The van der Waals surface area contributed by atoms with Crippen LogP contribution in [-0.2, 0) is 12.8 Å². The van der Waals surface area contributed by atoms with Gasteiger partial charge >= 0.3 is 5.97 Å². The molecule has 2 aromatic carbocycles. The molecule has 19 heavy (non-hydrogen) atoms. The number of benzene rings is 2. The molecule has 98 valence electrons. The molecule has 2 aromatic rings. The van der Waals surface area contributed by atoms with E-state index in [9.17, 15) is 4.79 Å². The Balaban J connectivity index is 2.12. The van der Waals surface area contributed by atoms with Crippen LogP contribution < -0.4 is 5.73 Å². The summed E-state index contributed by atoms with van der Waals surface area (Å²) in [7, 11) is 0. The lowest BCUT2D eigenvalue weighted by Gasteiger charge is -2.05. The quantitative estimate of drug-likeness (QED) is 0.862. The van der Waals surface area contributed by atoms with Crippen molar-refractivity contribution in [2.75, 3.05) is 6.54 Å². The summed E-state index contributed by atoms with van der Waals surface area (Å²) < 4.78 is 0. The molecule has 0 atom stereocenters. The van der Waals surface area contributed by atoms with Crippen molar-refractivity contribution in [3.05, 3.63) is 70.8 Å². The fraction of sp³-hybridized carbons (Fsp3) is 0.188. The number of nitrogens with two attached hydrogens (primary N) is 1. The topological polar surface area (TPSA) is 63.3 Å². The maximum absolute atomic E-state index is 10.9. The zero-order valence-electron chi connectivity index (χ0n) is 10.7. The molecule has 0 bridgehead atoms. The highest BCUT2D eigenvalue weighted by Gasteiger charge is 2.03. The van der Waals surface area contributed by atoms with Gasteiger partial charge in [0.2, 0.25) is 0 Å². The Bertz CT molecular complexity index is 561. The first kappa shape index (κ1) is 13.3. The van der Waals surface area contributed by atoms with Gasteiger partial charge < -0.3 is 10.8 Å². The zero-order chi connectivity index (χ0) is 13.7. The van der Waals surface area contributed by atoms with Gasteiger partial charge in [-0.2, -0.15) is 0 Å². The molecular weight excluding hydrogens is 238 g/mol. The molecule has 2 rings (SSSR count). The maximum atomic E-state index is 10.9. The van der Waals surface area contributed by atoms with E-state index in [-0.39, 0.29) is 0 Å². The molecule has 0 radical (unpaired) electrons. The highest BCUT2D eigenvalue weighted by Crippen LogP contribution is 2.13. The van der Waals surface area contributed by atoms with E-state index >= 15 is 0 Å². The van der Waals surface area contributed by atoms with Crippen LogP contribution in [0.3, 0.4) is 0 Å². The van der Waals surface area contributed by atoms with E-state index in [1.165, 1.54) is 11.1 Å². The second-order valence-electron chi connectivity index (χ2n) is 4.54. The van der Waals surface area contributed by atoms with Crippen LogP contribution in [-0.4, -0.2) is 17.6 Å². The maximum Gasteiger partial charge on any atom is 0.335 e. The average molecular weight is 255 g/mol. The Labute approximate surface area is 112 Å². The van der Waals surface area contributed by atoms with Crippen LogP contribution in [0.2, 0.25) is 0 Å². The van der Waals surface area contributed by atoms with E-state index in [2.05, 4.69) is 24.3 Å². The number of carbonyl (C=O) groups is 1. The minimum atomic E-state index is -0.889. The van der Waals surface area contributed by atoms with Crippen LogP contribution in [0, 0.1) is 0 Å². The Morgan fingerprint density at radius 2 is 1.68 bits per heavy atom. The molecule has 3 heteroatoms. The third kappa shape index (κ3) is 3.66. The molecule has 0 saturated heterocycles. The minimum absolute atomic E-state index is 0.331. The summed E-state index contributed by atoms with van der Waals surface area (Å²) in [6.07, 6.45) is 1.62. The van der Waals surface area contributed by atoms with Gasteiger partial charge in [0, 0.05) is 0 Å². The summed E-state index contributed by atoms with van der Waals surface area (Å²) in [5, 5.41) is 8.96. The standard InChI is InChI=1S/C16H17NO2/c17-9-8-12-4-6-13(7-5-12)10-14-2-1-3-15(11-14)16(18)19/h1-7,11H,8-10,17H2,(H,18,19). The number of hydrogen-bond acceptors (Lipinski definition) is 2. The van der Waals surface area contributed by atoms with Gasteiger partial charge in [-0.1, -0.05) is 36.4 Å². The lowest BCUT2D eigenvalue weighted by atomic mass is 10.0. The molecule has 0 aliphatic carbocycles. The van der Waals surface area contributed by atoms with Gasteiger partial charge in [-0.3, -0.25) is 0 Å². The van der Waals surface area contributed by atoms with Crippen molar-refractivity contribution in [2.24, 2.45) is 5.73 Å². The summed E-state index contributed by atoms with van der Waals surface area (Å²) in [6, 6.07) is 15.3. The zero-order valence-corrected chi connectivity index (χ0v) is 10.7. The van der Waals surface area contributed by atoms with Crippen LogP contribution in [0.1, 0.15) is 27.0 Å². The summed E-state index contributed by atoms with van der Waals surface area (Å²) in [5.74, 6) is -0.889. The van der Waals surface area contributed by atoms with Crippen molar-refractivity contribution in [1.82, 2.24) is 0 Å². The van der Waals surface area contributed by atoms with E-state index in [1.54, 1.807) is 18.2 Å². The number of carboxylic acid groups (broad SMARTS) is 1. The van der Waals surface area contributed by atoms with Crippen LogP contribution in [0.15, 0.2) is 48.5 Å². The lowest BCUT2D eigenvalue weighted by molar-refractivity contribution is 0.0697. The third-order valence-electron chi connectivity index (χ3n) is 3.04. The average Bonchev–Trinajstić information content (AvgIpc) is 2.42. The molecule has 0 saturated carbocycles. The fourth-order valence-electron chi connectivity index (χ4n) is 2.04. The molecule has 0 fully saturated rings. The first-order valence-electron chi connectivity index (χ1n) is 6.29. The van der Waals surface area contributed by atoms with Crippen molar-refractivity contribution < 1.29 is 9.90 Å². The number of carboxylic acids is 1. The molecule has 0 spiro atoms. The van der Waals surface area contributed by atoms with Gasteiger partial charge in [-0.05, 0) is 48.2 Å². The highest BCUT2D eigenvalue weighted by molar-refractivity contribution is 5.87. The predicted octanol–water partition coefficient (Wildman–Crippen LogP) is 2.48. The minimum Gasteiger partial charge on any atom is -0.478 e. The monoisotopic (exact) mass is 255 g/mol. The summed E-state index contributed by atoms with van der Waals surface area (Å²) in [5.41, 5.74) is 9.25. The van der Waals surface area contributed by atoms with E-state index in [4.69, 9.17) is 10.8 Å². The van der Waals surface area contributed by atoms with Crippen molar-refractivity contribution >= 4 is 5.97 Å². The fourth-order valence-corrected chi connectivity index (χ4v) is 2.04. The van der Waals surface area contributed by atoms with E-state index < -0.39 is 5.97 Å². The molecule has 3 nitrogen and oxygen atoms in total. The Hall–Kier alpha value is -2.13. The van der Waals surface area contributed by atoms with Crippen LogP contribution in [0.5, 0.6) is 0 Å². The predicted molar refractivity (Wildman–Crippen MR) is 75.4 cm³/mol. The lowest BCUT2D eigenvalue weighted by Crippen LogP contribution is -2.02. The van der Waals surface area contributed by atoms with Gasteiger partial charge in [0.05, 0.1) is 5.56 Å². The second-order valence-corrected chi connectivity index (χ2v) is 4.54. The normalized spacial score (nSPS) is 10.4.